The fourth-order valence-electron chi connectivity index (χ4n) is 1.84. The van der Waals surface area contributed by atoms with Gasteiger partial charge in [-0.1, -0.05) is 76.0 Å². The quantitative estimate of drug-likeness (QED) is 0.172. The largest absolute Gasteiger partial charge is 0.448 e. The molecular weight excluding hydrogens is 382 g/mol. The molecule has 152 valence electrons. The SMILES string of the molecule is CC(C)(C)SSCCCCCC(O[Si](C)(C)C(C)(C)C)C(=O)OCC#N. The predicted molar refractivity (Wildman–Crippen MR) is 117 cm³/mol. The normalized spacial score (nSPS) is 14.0. The molecule has 0 aliphatic carbocycles. The predicted octanol–water partition coefficient (Wildman–Crippen LogP) is 6.18. The van der Waals surface area contributed by atoms with Crippen molar-refractivity contribution in [2.45, 2.75) is 96.2 Å². The molecule has 0 rings (SSSR count). The van der Waals surface area contributed by atoms with E-state index in [2.05, 4.69) is 54.6 Å². The van der Waals surface area contributed by atoms with Gasteiger partial charge in [-0.15, -0.1) is 0 Å². The van der Waals surface area contributed by atoms with E-state index in [1.165, 1.54) is 0 Å². The Morgan fingerprint density at radius 1 is 1.12 bits per heavy atom. The highest BCUT2D eigenvalue weighted by Gasteiger charge is 2.40. The summed E-state index contributed by atoms with van der Waals surface area (Å²) in [7, 11) is 1.77. The van der Waals surface area contributed by atoms with Gasteiger partial charge in [-0.2, -0.15) is 5.26 Å². The molecule has 4 nitrogen and oxygen atoms in total. The van der Waals surface area contributed by atoms with Crippen molar-refractivity contribution in [3.63, 3.8) is 0 Å². The van der Waals surface area contributed by atoms with Crippen molar-refractivity contribution in [2.24, 2.45) is 0 Å². The average Bonchev–Trinajstić information content (AvgIpc) is 2.48. The lowest BCUT2D eigenvalue weighted by molar-refractivity contribution is -0.151. The number of rotatable bonds is 11. The van der Waals surface area contributed by atoms with E-state index in [0.717, 1.165) is 25.0 Å². The Hall–Kier alpha value is -0.163. The minimum Gasteiger partial charge on any atom is -0.448 e. The molecule has 0 fully saturated rings. The summed E-state index contributed by atoms with van der Waals surface area (Å²) in [5.74, 6) is 0.725. The van der Waals surface area contributed by atoms with Crippen LogP contribution in [0.25, 0.3) is 0 Å². The summed E-state index contributed by atoms with van der Waals surface area (Å²) in [6.45, 7) is 17.2. The molecule has 0 radical (unpaired) electrons. The molecule has 0 aliphatic rings. The van der Waals surface area contributed by atoms with Crippen molar-refractivity contribution in [1.29, 1.82) is 5.26 Å². The molecule has 0 saturated carbocycles. The van der Waals surface area contributed by atoms with Gasteiger partial charge in [-0.3, -0.25) is 0 Å². The van der Waals surface area contributed by atoms with Crippen molar-refractivity contribution < 1.29 is 14.0 Å². The number of unbranched alkanes of at least 4 members (excludes halogenated alkanes) is 2. The summed E-state index contributed by atoms with van der Waals surface area (Å²) in [6, 6.07) is 1.86. The number of hydrogen-bond donors (Lipinski definition) is 0. The molecule has 0 N–H and O–H groups in total. The third-order valence-corrected chi connectivity index (χ3v) is 12.2. The van der Waals surface area contributed by atoms with Gasteiger partial charge in [0.15, 0.2) is 14.9 Å². The van der Waals surface area contributed by atoms with E-state index < -0.39 is 20.4 Å². The number of esters is 1. The topological polar surface area (TPSA) is 59.3 Å². The van der Waals surface area contributed by atoms with E-state index in [1.807, 2.05) is 27.7 Å². The van der Waals surface area contributed by atoms with Crippen LogP contribution in [-0.2, 0) is 14.0 Å². The lowest BCUT2D eigenvalue weighted by Gasteiger charge is -2.38. The summed E-state index contributed by atoms with van der Waals surface area (Å²) in [5, 5.41) is 8.68. The minimum absolute atomic E-state index is 0.0293. The standard InChI is InChI=1S/C19H37NO3S2Si/c1-18(2,3)25-24-15-11-9-10-12-16(17(21)22-14-13-20)23-26(7,8)19(4,5)6/h16H,9-12,14-15H2,1-8H3. The van der Waals surface area contributed by atoms with Crippen LogP contribution in [0.2, 0.25) is 18.1 Å². The Labute approximate surface area is 169 Å². The van der Waals surface area contributed by atoms with Crippen LogP contribution in [0.4, 0.5) is 0 Å². The number of hydrogen-bond acceptors (Lipinski definition) is 6. The van der Waals surface area contributed by atoms with Gasteiger partial charge in [0.25, 0.3) is 0 Å². The molecule has 0 saturated heterocycles. The smallest absolute Gasteiger partial charge is 0.335 e. The number of ether oxygens (including phenoxy) is 1. The van der Waals surface area contributed by atoms with Crippen molar-refractivity contribution in [3.8, 4) is 6.07 Å². The Balaban J connectivity index is 4.47. The summed E-state index contributed by atoms with van der Waals surface area (Å²) in [4.78, 5) is 12.3. The second-order valence-electron chi connectivity index (χ2n) is 9.00. The van der Waals surface area contributed by atoms with Crippen LogP contribution >= 0.6 is 21.6 Å². The lowest BCUT2D eigenvalue weighted by atomic mass is 10.1. The zero-order valence-corrected chi connectivity index (χ0v) is 20.4. The number of carbonyl (C=O) groups excluding carboxylic acids is 1. The molecule has 0 aromatic carbocycles. The first-order valence-electron chi connectivity index (χ1n) is 9.32. The third-order valence-electron chi connectivity index (χ3n) is 4.29. The molecule has 0 spiro atoms. The molecule has 7 heteroatoms. The van der Waals surface area contributed by atoms with Gasteiger partial charge < -0.3 is 9.16 Å². The zero-order valence-electron chi connectivity index (χ0n) is 17.8. The highest BCUT2D eigenvalue weighted by atomic mass is 33.1. The molecule has 0 amide bonds. The summed E-state index contributed by atoms with van der Waals surface area (Å²) >= 11 is 0. The summed E-state index contributed by atoms with van der Waals surface area (Å²) in [5.41, 5.74) is 0. The van der Waals surface area contributed by atoms with Crippen LogP contribution in [0.15, 0.2) is 0 Å². The van der Waals surface area contributed by atoms with Gasteiger partial charge in [-0.05, 0) is 31.0 Å². The maximum absolute atomic E-state index is 12.3. The van der Waals surface area contributed by atoms with Gasteiger partial charge in [0, 0.05) is 10.5 Å². The van der Waals surface area contributed by atoms with Crippen LogP contribution in [0.1, 0.15) is 67.2 Å². The first kappa shape index (κ1) is 25.8. The average molecular weight is 420 g/mol. The highest BCUT2D eigenvalue weighted by Crippen LogP contribution is 2.38. The number of nitrogens with zero attached hydrogens (tertiary/aromatic N) is 1. The van der Waals surface area contributed by atoms with Crippen LogP contribution in [0.3, 0.4) is 0 Å². The van der Waals surface area contributed by atoms with Crippen LogP contribution in [0, 0.1) is 11.3 Å². The summed E-state index contributed by atoms with van der Waals surface area (Å²) in [6.07, 6.45) is 3.24. The first-order chi connectivity index (χ1) is 11.8. The molecule has 0 bridgehead atoms. The molecule has 0 aromatic heterocycles. The van der Waals surface area contributed by atoms with Crippen LogP contribution in [0.5, 0.6) is 0 Å². The van der Waals surface area contributed by atoms with Crippen LogP contribution < -0.4 is 0 Å². The van der Waals surface area contributed by atoms with E-state index >= 15 is 0 Å². The van der Waals surface area contributed by atoms with Crippen molar-refractivity contribution in [3.05, 3.63) is 0 Å². The third kappa shape index (κ3) is 11.5. The number of nitriles is 1. The van der Waals surface area contributed by atoms with Crippen molar-refractivity contribution >= 4 is 35.9 Å². The molecule has 0 aliphatic heterocycles. The fourth-order valence-corrected chi connectivity index (χ4v) is 5.54. The van der Waals surface area contributed by atoms with E-state index in [-0.39, 0.29) is 16.4 Å². The Bertz CT molecular complexity index is 465. The fraction of sp³-hybridized carbons (Fsp3) is 0.895. The number of carbonyl (C=O) groups is 1. The van der Waals surface area contributed by atoms with Gasteiger partial charge in [0.1, 0.15) is 12.2 Å². The monoisotopic (exact) mass is 419 g/mol. The van der Waals surface area contributed by atoms with Gasteiger partial charge >= 0.3 is 5.97 Å². The minimum atomic E-state index is -2.06. The molecule has 26 heavy (non-hydrogen) atoms. The van der Waals surface area contributed by atoms with Crippen LogP contribution in [-0.4, -0.2) is 37.5 Å². The van der Waals surface area contributed by atoms with E-state index in [0.29, 0.717) is 6.42 Å². The summed E-state index contributed by atoms with van der Waals surface area (Å²) < 4.78 is 11.6. The molecule has 0 aromatic rings. The maximum Gasteiger partial charge on any atom is 0.335 e. The van der Waals surface area contributed by atoms with E-state index in [4.69, 9.17) is 14.4 Å². The Morgan fingerprint density at radius 2 is 1.73 bits per heavy atom. The van der Waals surface area contributed by atoms with Gasteiger partial charge in [0.05, 0.1) is 0 Å². The van der Waals surface area contributed by atoms with E-state index in [1.54, 1.807) is 0 Å². The Kier molecular flexibility index (Phi) is 11.6. The van der Waals surface area contributed by atoms with Gasteiger partial charge in [-0.25, -0.2) is 4.79 Å². The molecule has 1 unspecified atom stereocenters. The highest BCUT2D eigenvalue weighted by molar-refractivity contribution is 8.77. The maximum atomic E-state index is 12.3. The van der Waals surface area contributed by atoms with Crippen molar-refractivity contribution in [1.82, 2.24) is 0 Å². The molecule has 1 atom stereocenters. The van der Waals surface area contributed by atoms with Crippen molar-refractivity contribution in [2.75, 3.05) is 12.4 Å². The lowest BCUT2D eigenvalue weighted by Crippen LogP contribution is -2.46. The first-order valence-corrected chi connectivity index (χ1v) is 14.5. The second-order valence-corrected chi connectivity index (χ2v) is 17.0. The zero-order chi connectivity index (χ0) is 20.4. The molecule has 0 heterocycles. The molecular formula is C19H37NO3S2Si. The Morgan fingerprint density at radius 3 is 2.23 bits per heavy atom. The second kappa shape index (κ2) is 11.6. The van der Waals surface area contributed by atoms with Gasteiger partial charge in [0.2, 0.25) is 0 Å². The van der Waals surface area contributed by atoms with E-state index in [9.17, 15) is 4.79 Å².